The number of aromatic nitrogens is 2. The van der Waals surface area contributed by atoms with Gasteiger partial charge in [0.1, 0.15) is 11.5 Å². The summed E-state index contributed by atoms with van der Waals surface area (Å²) >= 11 is 0. The Kier molecular flexibility index (Phi) is 7.55. The molecule has 212 valence electrons. The summed E-state index contributed by atoms with van der Waals surface area (Å²) in [6.45, 7) is 3.17. The number of benzene rings is 2. The summed E-state index contributed by atoms with van der Waals surface area (Å²) in [6.07, 6.45) is -3.35. The summed E-state index contributed by atoms with van der Waals surface area (Å²) in [4.78, 5) is 36.4. The summed E-state index contributed by atoms with van der Waals surface area (Å²) in [6, 6.07) is 21.3. The summed E-state index contributed by atoms with van der Waals surface area (Å²) in [5.74, 6) is -0.730. The van der Waals surface area contributed by atoms with Crippen LogP contribution in [0.2, 0.25) is 0 Å². The number of alkyl halides is 3. The van der Waals surface area contributed by atoms with Gasteiger partial charge < -0.3 is 25.2 Å². The molecule has 0 radical (unpaired) electrons. The molecule has 1 saturated heterocycles. The molecule has 3 N–H and O–H groups in total. The topological polar surface area (TPSA) is 102 Å². The largest absolute Gasteiger partial charge is 0.418 e. The van der Waals surface area contributed by atoms with Crippen molar-refractivity contribution in [3.8, 4) is 11.3 Å². The van der Waals surface area contributed by atoms with Gasteiger partial charge in [-0.1, -0.05) is 60.7 Å². The normalized spacial score (nSPS) is 15.3. The highest BCUT2D eigenvalue weighted by Crippen LogP contribution is 2.35. The molecule has 2 aromatic heterocycles. The van der Waals surface area contributed by atoms with Crippen LogP contribution in [0.3, 0.4) is 0 Å². The molecule has 0 spiro atoms. The van der Waals surface area contributed by atoms with Gasteiger partial charge in [0.2, 0.25) is 0 Å². The molecular formula is C30H28F3N5O3. The van der Waals surface area contributed by atoms with E-state index < -0.39 is 28.9 Å². The van der Waals surface area contributed by atoms with Crippen LogP contribution in [0.5, 0.6) is 0 Å². The van der Waals surface area contributed by atoms with Crippen LogP contribution in [-0.2, 0) is 16.6 Å². The number of carbonyl (C=O) groups excluding carboxylic acids is 2. The van der Waals surface area contributed by atoms with Crippen molar-refractivity contribution in [1.29, 1.82) is 0 Å². The maximum absolute atomic E-state index is 13.7. The standard InChI is InChI=1S/C30H28F3N5O3/c1-29(41,21-10-6-3-7-11-21)28(40)38-16-14-37(15-17-38)25-13-12-22(19-34-25)35-27(39)26-23(30(31,32)33)18-24(36-26)20-8-4-2-5-9-20/h2-13,18-19,36,41H,14-17H2,1H3,(H,35,39). The molecule has 4 aromatic rings. The smallest absolute Gasteiger partial charge is 0.376 e. The Hall–Kier alpha value is -4.64. The van der Waals surface area contributed by atoms with Crippen molar-refractivity contribution in [2.24, 2.45) is 0 Å². The van der Waals surface area contributed by atoms with Gasteiger partial charge in [-0.05, 0) is 36.2 Å². The molecule has 1 aliphatic heterocycles. The van der Waals surface area contributed by atoms with Gasteiger partial charge in [-0.2, -0.15) is 13.2 Å². The summed E-state index contributed by atoms with van der Waals surface area (Å²) < 4.78 is 41.1. The fraction of sp³-hybridized carbons (Fsp3) is 0.233. The molecule has 0 aliphatic carbocycles. The first-order chi connectivity index (χ1) is 19.5. The van der Waals surface area contributed by atoms with Crippen LogP contribution in [-0.4, -0.2) is 58.0 Å². The Morgan fingerprint density at radius 1 is 0.927 bits per heavy atom. The summed E-state index contributed by atoms with van der Waals surface area (Å²) in [5, 5.41) is 13.4. The van der Waals surface area contributed by atoms with Gasteiger partial charge in [0.15, 0.2) is 5.60 Å². The van der Waals surface area contributed by atoms with E-state index in [9.17, 15) is 27.9 Å². The molecule has 1 unspecified atom stereocenters. The van der Waals surface area contributed by atoms with E-state index >= 15 is 0 Å². The number of piperazine rings is 1. The number of carbonyl (C=O) groups is 2. The second-order valence-electron chi connectivity index (χ2n) is 9.91. The van der Waals surface area contributed by atoms with Crippen molar-refractivity contribution >= 4 is 23.3 Å². The Morgan fingerprint density at radius 2 is 1.56 bits per heavy atom. The Morgan fingerprint density at radius 3 is 2.15 bits per heavy atom. The van der Waals surface area contributed by atoms with E-state index in [0.29, 0.717) is 43.1 Å². The van der Waals surface area contributed by atoms with Crippen molar-refractivity contribution in [2.75, 3.05) is 36.4 Å². The van der Waals surface area contributed by atoms with Crippen molar-refractivity contribution in [2.45, 2.75) is 18.7 Å². The highest BCUT2D eigenvalue weighted by molar-refractivity contribution is 6.04. The highest BCUT2D eigenvalue weighted by Gasteiger charge is 2.38. The molecular weight excluding hydrogens is 535 g/mol. The number of amides is 2. The second-order valence-corrected chi connectivity index (χ2v) is 9.91. The van der Waals surface area contributed by atoms with Gasteiger partial charge in [0.05, 0.1) is 17.4 Å². The van der Waals surface area contributed by atoms with Crippen LogP contribution in [0, 0.1) is 0 Å². The molecule has 3 heterocycles. The van der Waals surface area contributed by atoms with E-state index in [2.05, 4.69) is 15.3 Å². The Bertz CT molecular complexity index is 1510. The summed E-state index contributed by atoms with van der Waals surface area (Å²) in [7, 11) is 0. The zero-order valence-electron chi connectivity index (χ0n) is 22.2. The average molecular weight is 564 g/mol. The molecule has 2 amide bonds. The Labute approximate surface area is 234 Å². The van der Waals surface area contributed by atoms with Gasteiger partial charge in [-0.3, -0.25) is 9.59 Å². The van der Waals surface area contributed by atoms with Crippen LogP contribution >= 0.6 is 0 Å². The molecule has 41 heavy (non-hydrogen) atoms. The lowest BCUT2D eigenvalue weighted by Gasteiger charge is -2.38. The fourth-order valence-electron chi connectivity index (χ4n) is 4.80. The number of nitrogens with zero attached hydrogens (tertiary/aromatic N) is 3. The van der Waals surface area contributed by atoms with Gasteiger partial charge in [0, 0.05) is 31.9 Å². The highest BCUT2D eigenvalue weighted by atomic mass is 19.4. The lowest BCUT2D eigenvalue weighted by molar-refractivity contribution is -0.151. The molecule has 11 heteroatoms. The molecule has 0 bridgehead atoms. The van der Waals surface area contributed by atoms with E-state index in [1.165, 1.54) is 13.1 Å². The number of aliphatic hydroxyl groups is 1. The third kappa shape index (κ3) is 5.94. The third-order valence-electron chi connectivity index (χ3n) is 7.08. The van der Waals surface area contributed by atoms with E-state index in [0.717, 1.165) is 6.07 Å². The van der Waals surface area contributed by atoms with Crippen molar-refractivity contribution < 1.29 is 27.9 Å². The maximum Gasteiger partial charge on any atom is 0.418 e. The van der Waals surface area contributed by atoms with Gasteiger partial charge in [0.25, 0.3) is 11.8 Å². The Balaban J connectivity index is 1.23. The molecule has 1 fully saturated rings. The first kappa shape index (κ1) is 27.9. The van der Waals surface area contributed by atoms with Crippen LogP contribution in [0.4, 0.5) is 24.7 Å². The van der Waals surface area contributed by atoms with Crippen molar-refractivity contribution in [1.82, 2.24) is 14.9 Å². The second kappa shape index (κ2) is 11.1. The van der Waals surface area contributed by atoms with E-state index in [-0.39, 0.29) is 17.3 Å². The molecule has 8 nitrogen and oxygen atoms in total. The number of halogens is 3. The minimum Gasteiger partial charge on any atom is -0.376 e. The van der Waals surface area contributed by atoms with Gasteiger partial charge in [-0.25, -0.2) is 4.98 Å². The van der Waals surface area contributed by atoms with Gasteiger partial charge in [-0.15, -0.1) is 0 Å². The predicted octanol–water partition coefficient (Wildman–Crippen LogP) is 4.90. The van der Waals surface area contributed by atoms with Crippen molar-refractivity contribution in [3.05, 3.63) is 102 Å². The quantitative estimate of drug-likeness (QED) is 0.310. The minimum absolute atomic E-state index is 0.180. The predicted molar refractivity (Wildman–Crippen MR) is 148 cm³/mol. The summed E-state index contributed by atoms with van der Waals surface area (Å²) in [5.41, 5.74) is -1.84. The van der Waals surface area contributed by atoms with Crippen LogP contribution in [0.15, 0.2) is 85.1 Å². The first-order valence-electron chi connectivity index (χ1n) is 13.0. The molecule has 2 aromatic carbocycles. The number of aromatic amines is 1. The molecule has 0 saturated carbocycles. The zero-order valence-corrected chi connectivity index (χ0v) is 22.2. The molecule has 1 atom stereocenters. The SMILES string of the molecule is CC(O)(C(=O)N1CCN(c2ccc(NC(=O)c3[nH]c(-c4ccccc4)cc3C(F)(F)F)cn2)CC1)c1ccccc1. The van der Waals surface area contributed by atoms with Crippen LogP contribution in [0.1, 0.15) is 28.5 Å². The third-order valence-corrected chi connectivity index (χ3v) is 7.08. The number of hydrogen-bond donors (Lipinski definition) is 3. The van der Waals surface area contributed by atoms with E-state index in [1.54, 1.807) is 71.6 Å². The van der Waals surface area contributed by atoms with Gasteiger partial charge >= 0.3 is 6.18 Å². The number of anilines is 2. The molecule has 5 rings (SSSR count). The fourth-order valence-corrected chi connectivity index (χ4v) is 4.80. The number of rotatable bonds is 6. The minimum atomic E-state index is -4.73. The van der Waals surface area contributed by atoms with Crippen LogP contribution in [0.25, 0.3) is 11.3 Å². The first-order valence-corrected chi connectivity index (χ1v) is 13.0. The van der Waals surface area contributed by atoms with Crippen LogP contribution < -0.4 is 10.2 Å². The lowest BCUT2D eigenvalue weighted by Crippen LogP contribution is -2.54. The number of hydrogen-bond acceptors (Lipinski definition) is 5. The lowest BCUT2D eigenvalue weighted by atomic mass is 9.94. The zero-order chi connectivity index (χ0) is 29.2. The number of nitrogens with one attached hydrogen (secondary N) is 2. The molecule has 1 aliphatic rings. The number of H-pyrrole nitrogens is 1. The monoisotopic (exact) mass is 563 g/mol. The average Bonchev–Trinajstić information content (AvgIpc) is 3.45. The van der Waals surface area contributed by atoms with Crippen molar-refractivity contribution in [3.63, 3.8) is 0 Å². The maximum atomic E-state index is 13.7. The van der Waals surface area contributed by atoms with E-state index in [4.69, 9.17) is 0 Å². The van der Waals surface area contributed by atoms with E-state index in [1.807, 2.05) is 11.0 Å². The number of pyridine rings is 1.